The number of hydrogen-bond donors (Lipinski definition) is 1. The zero-order chi connectivity index (χ0) is 23.8. The maximum absolute atomic E-state index is 13.2. The van der Waals surface area contributed by atoms with Crippen LogP contribution in [0.1, 0.15) is 12.5 Å². The summed E-state index contributed by atoms with van der Waals surface area (Å²) in [4.78, 5) is 31.0. The van der Waals surface area contributed by atoms with Crippen molar-refractivity contribution in [3.63, 3.8) is 0 Å². The summed E-state index contributed by atoms with van der Waals surface area (Å²) in [6.45, 7) is 1.60. The SMILES string of the molecule is CC1(Cc2ccncc2-c2ccc(Cl)cc2)NC(=O)N(c2ccc(OC(F)(F)F)cc2)C1=O. The van der Waals surface area contributed by atoms with Crippen molar-refractivity contribution in [1.29, 1.82) is 0 Å². The predicted octanol–water partition coefficient (Wildman–Crippen LogP) is 5.36. The van der Waals surface area contributed by atoms with Crippen molar-refractivity contribution < 1.29 is 27.5 Å². The van der Waals surface area contributed by atoms with Gasteiger partial charge in [0.05, 0.1) is 5.69 Å². The predicted molar refractivity (Wildman–Crippen MR) is 116 cm³/mol. The number of halogens is 4. The Bertz CT molecular complexity index is 1200. The number of benzene rings is 2. The van der Waals surface area contributed by atoms with Gasteiger partial charge in [-0.15, -0.1) is 13.2 Å². The number of ether oxygens (including phenoxy) is 1. The van der Waals surface area contributed by atoms with E-state index >= 15 is 0 Å². The summed E-state index contributed by atoms with van der Waals surface area (Å²) in [5.74, 6) is -0.985. The minimum absolute atomic E-state index is 0.128. The minimum Gasteiger partial charge on any atom is -0.406 e. The molecule has 1 aliphatic rings. The summed E-state index contributed by atoms with van der Waals surface area (Å²) in [5.41, 5.74) is 1.26. The largest absolute Gasteiger partial charge is 0.573 e. The molecule has 0 bridgehead atoms. The number of imide groups is 1. The van der Waals surface area contributed by atoms with Gasteiger partial charge in [0.1, 0.15) is 11.3 Å². The van der Waals surface area contributed by atoms with Crippen LogP contribution in [0.15, 0.2) is 67.0 Å². The third kappa shape index (κ3) is 4.78. The standard InChI is InChI=1S/C23H17ClF3N3O3/c1-22(12-15-10-11-28-13-19(15)14-2-4-16(24)5-3-14)20(31)30(21(32)29-22)17-6-8-18(9-7-17)33-23(25,26)27/h2-11,13H,12H2,1H3,(H,29,32). The van der Waals surface area contributed by atoms with E-state index in [0.717, 1.165) is 33.7 Å². The first-order valence-electron chi connectivity index (χ1n) is 9.77. The van der Waals surface area contributed by atoms with Crippen LogP contribution in [0.25, 0.3) is 11.1 Å². The van der Waals surface area contributed by atoms with Crippen LogP contribution >= 0.6 is 11.6 Å². The Balaban J connectivity index is 1.59. The second kappa shape index (κ2) is 8.40. The first-order chi connectivity index (χ1) is 15.6. The molecule has 1 saturated heterocycles. The lowest BCUT2D eigenvalue weighted by molar-refractivity contribution is -0.274. The van der Waals surface area contributed by atoms with Gasteiger partial charge in [-0.1, -0.05) is 23.7 Å². The van der Waals surface area contributed by atoms with Crippen LogP contribution < -0.4 is 15.0 Å². The monoisotopic (exact) mass is 475 g/mol. The number of rotatable bonds is 5. The highest BCUT2D eigenvalue weighted by Gasteiger charge is 2.48. The molecular weight excluding hydrogens is 459 g/mol. The summed E-state index contributed by atoms with van der Waals surface area (Å²) in [5, 5.41) is 3.28. The molecule has 0 spiro atoms. The van der Waals surface area contributed by atoms with Crippen LogP contribution in [-0.2, 0) is 11.2 Å². The molecule has 3 aromatic rings. The highest BCUT2D eigenvalue weighted by Crippen LogP contribution is 2.33. The molecular formula is C23H17ClF3N3O3. The van der Waals surface area contributed by atoms with Crippen molar-refractivity contribution in [3.8, 4) is 16.9 Å². The van der Waals surface area contributed by atoms with Gasteiger partial charge in [-0.2, -0.15) is 0 Å². The van der Waals surface area contributed by atoms with Gasteiger partial charge < -0.3 is 10.1 Å². The molecule has 170 valence electrons. The number of carbonyl (C=O) groups is 2. The van der Waals surface area contributed by atoms with Gasteiger partial charge in [0.2, 0.25) is 0 Å². The highest BCUT2D eigenvalue weighted by atomic mass is 35.5. The number of nitrogens with zero attached hydrogens (tertiary/aromatic N) is 2. The van der Waals surface area contributed by atoms with Crippen molar-refractivity contribution in [2.45, 2.75) is 25.2 Å². The Labute approximate surface area is 191 Å². The molecule has 1 unspecified atom stereocenters. The average molecular weight is 476 g/mol. The van der Waals surface area contributed by atoms with Crippen LogP contribution in [-0.4, -0.2) is 28.8 Å². The van der Waals surface area contributed by atoms with Crippen molar-refractivity contribution in [3.05, 3.63) is 77.6 Å². The molecule has 0 radical (unpaired) electrons. The fourth-order valence-electron chi connectivity index (χ4n) is 3.68. The van der Waals surface area contributed by atoms with Crippen molar-refractivity contribution in [2.75, 3.05) is 4.90 Å². The molecule has 6 nitrogen and oxygen atoms in total. The van der Waals surface area contributed by atoms with E-state index in [9.17, 15) is 22.8 Å². The molecule has 0 aliphatic carbocycles. The molecule has 10 heteroatoms. The summed E-state index contributed by atoms with van der Waals surface area (Å²) < 4.78 is 41.0. The van der Waals surface area contributed by atoms with E-state index in [0.29, 0.717) is 5.02 Å². The summed E-state index contributed by atoms with van der Waals surface area (Å²) in [7, 11) is 0. The molecule has 33 heavy (non-hydrogen) atoms. The number of aromatic nitrogens is 1. The Morgan fingerprint density at radius 2 is 1.73 bits per heavy atom. The number of alkyl halides is 3. The van der Waals surface area contributed by atoms with Crippen LogP contribution in [0, 0.1) is 0 Å². The number of nitrogens with one attached hydrogen (secondary N) is 1. The first kappa shape index (κ1) is 22.6. The molecule has 1 N–H and O–H groups in total. The van der Waals surface area contributed by atoms with E-state index in [-0.39, 0.29) is 12.1 Å². The number of amides is 3. The second-order valence-electron chi connectivity index (χ2n) is 7.66. The molecule has 0 saturated carbocycles. The van der Waals surface area contributed by atoms with Gasteiger partial charge in [0, 0.05) is 29.4 Å². The van der Waals surface area contributed by atoms with E-state index in [1.807, 2.05) is 12.1 Å². The van der Waals surface area contributed by atoms with E-state index in [1.165, 1.54) is 12.1 Å². The Morgan fingerprint density at radius 1 is 1.06 bits per heavy atom. The van der Waals surface area contributed by atoms with Crippen molar-refractivity contribution in [1.82, 2.24) is 10.3 Å². The maximum atomic E-state index is 13.2. The molecule has 2 heterocycles. The zero-order valence-corrected chi connectivity index (χ0v) is 17.9. The summed E-state index contributed by atoms with van der Waals surface area (Å²) in [6, 6.07) is 12.8. The summed E-state index contributed by atoms with van der Waals surface area (Å²) in [6.07, 6.45) is -1.41. The lowest BCUT2D eigenvalue weighted by Crippen LogP contribution is -2.46. The van der Waals surface area contributed by atoms with Gasteiger partial charge in [0.15, 0.2) is 0 Å². The van der Waals surface area contributed by atoms with Gasteiger partial charge in [-0.05, 0) is 60.5 Å². The smallest absolute Gasteiger partial charge is 0.406 e. The summed E-state index contributed by atoms with van der Waals surface area (Å²) >= 11 is 5.97. The maximum Gasteiger partial charge on any atom is 0.573 e. The van der Waals surface area contributed by atoms with Gasteiger partial charge in [-0.25, -0.2) is 9.69 Å². The third-order valence-corrected chi connectivity index (χ3v) is 5.45. The molecule has 1 fully saturated rings. The number of hydrogen-bond acceptors (Lipinski definition) is 4. The van der Waals surface area contributed by atoms with Crippen molar-refractivity contribution >= 4 is 29.2 Å². The van der Waals surface area contributed by atoms with Crippen molar-refractivity contribution in [2.24, 2.45) is 0 Å². The van der Waals surface area contributed by atoms with Crippen LogP contribution in [0.2, 0.25) is 5.02 Å². The van der Waals surface area contributed by atoms with Gasteiger partial charge in [-0.3, -0.25) is 9.78 Å². The number of pyridine rings is 1. The Hall–Kier alpha value is -3.59. The van der Waals surface area contributed by atoms with Gasteiger partial charge in [0.25, 0.3) is 5.91 Å². The normalized spacial score (nSPS) is 18.4. The topological polar surface area (TPSA) is 71.5 Å². The quantitative estimate of drug-likeness (QED) is 0.504. The molecule has 4 rings (SSSR count). The molecule has 1 atom stereocenters. The first-order valence-corrected chi connectivity index (χ1v) is 10.1. The van der Waals surface area contributed by atoms with E-state index < -0.39 is 29.6 Å². The van der Waals surface area contributed by atoms with Crippen LogP contribution in [0.3, 0.4) is 0 Å². The highest BCUT2D eigenvalue weighted by molar-refractivity contribution is 6.30. The van der Waals surface area contributed by atoms with E-state index in [2.05, 4.69) is 15.0 Å². The minimum atomic E-state index is -4.84. The van der Waals surface area contributed by atoms with E-state index in [1.54, 1.807) is 37.5 Å². The lowest BCUT2D eigenvalue weighted by Gasteiger charge is -2.23. The van der Waals surface area contributed by atoms with E-state index in [4.69, 9.17) is 11.6 Å². The molecule has 2 aromatic carbocycles. The van der Waals surface area contributed by atoms with Crippen LogP contribution in [0.5, 0.6) is 5.75 Å². The Kier molecular flexibility index (Phi) is 5.75. The number of anilines is 1. The number of carbonyl (C=O) groups excluding carboxylic acids is 2. The zero-order valence-electron chi connectivity index (χ0n) is 17.2. The third-order valence-electron chi connectivity index (χ3n) is 5.20. The molecule has 1 aliphatic heterocycles. The fourth-order valence-corrected chi connectivity index (χ4v) is 3.81. The number of urea groups is 1. The second-order valence-corrected chi connectivity index (χ2v) is 8.10. The molecule has 3 amide bonds. The van der Waals surface area contributed by atoms with Gasteiger partial charge >= 0.3 is 12.4 Å². The van der Waals surface area contributed by atoms with Crippen LogP contribution in [0.4, 0.5) is 23.7 Å². The molecule has 1 aromatic heterocycles. The fraction of sp³-hybridized carbons (Fsp3) is 0.174. The average Bonchev–Trinajstić information content (AvgIpc) is 2.97. The lowest BCUT2D eigenvalue weighted by atomic mass is 9.89. The Morgan fingerprint density at radius 3 is 2.36 bits per heavy atom.